The van der Waals surface area contributed by atoms with Crippen molar-refractivity contribution in [2.45, 2.75) is 167 Å². The standard InChI is InChI=1S/C43H75NO7/c1-6-8-10-12-14-16-18-20-21-22-24-25-27-29-31-33-41(45)50-38-39(37-49-36-35-40(43(47)48)44(3,4)5)51-42(46)34-32-30-28-26-23-19-17-15-13-11-9-7-2/h9,11,15-18,23,26,39-40H,6-8,10,12-14,19-22,24-25,27-38H2,1-5H3/p+1/b11-9+,17-15+,18-16+,26-23+. The van der Waals surface area contributed by atoms with Gasteiger partial charge in [0.25, 0.3) is 0 Å². The predicted octanol–water partition coefficient (Wildman–Crippen LogP) is 10.5. The van der Waals surface area contributed by atoms with Crippen molar-refractivity contribution in [3.63, 3.8) is 0 Å². The fourth-order valence-electron chi connectivity index (χ4n) is 5.57. The first-order valence-electron chi connectivity index (χ1n) is 20.2. The van der Waals surface area contributed by atoms with Gasteiger partial charge in [-0.1, -0.05) is 114 Å². The highest BCUT2D eigenvalue weighted by Gasteiger charge is 2.31. The van der Waals surface area contributed by atoms with Crippen molar-refractivity contribution in [2.75, 3.05) is 41.0 Å². The number of unbranched alkanes of at least 4 members (excludes halogenated alkanes) is 13. The first-order chi connectivity index (χ1) is 24.6. The minimum atomic E-state index is -0.884. The lowest BCUT2D eigenvalue weighted by atomic mass is 10.1. The molecule has 0 bridgehead atoms. The average Bonchev–Trinajstić information content (AvgIpc) is 3.08. The first-order valence-corrected chi connectivity index (χ1v) is 20.2. The second kappa shape index (κ2) is 34.4. The second-order valence-electron chi connectivity index (χ2n) is 14.5. The number of hydrogen-bond acceptors (Lipinski definition) is 6. The predicted molar refractivity (Wildman–Crippen MR) is 211 cm³/mol. The molecule has 0 radical (unpaired) electrons. The molecule has 0 aromatic carbocycles. The molecule has 0 fully saturated rings. The number of carbonyl (C=O) groups excluding carboxylic acids is 2. The number of esters is 2. The van der Waals surface area contributed by atoms with Crippen LogP contribution in [0, 0.1) is 0 Å². The molecule has 51 heavy (non-hydrogen) atoms. The third kappa shape index (κ3) is 32.9. The summed E-state index contributed by atoms with van der Waals surface area (Å²) in [6.07, 6.45) is 38.7. The van der Waals surface area contributed by atoms with Gasteiger partial charge in [0.15, 0.2) is 12.1 Å². The normalized spacial score (nSPS) is 13.5. The number of ether oxygens (including phenoxy) is 3. The van der Waals surface area contributed by atoms with E-state index in [9.17, 15) is 19.5 Å². The lowest BCUT2D eigenvalue weighted by molar-refractivity contribution is -0.887. The van der Waals surface area contributed by atoms with E-state index in [1.165, 1.54) is 64.2 Å². The highest BCUT2D eigenvalue weighted by molar-refractivity contribution is 5.72. The molecular weight excluding hydrogens is 642 g/mol. The van der Waals surface area contributed by atoms with Crippen LogP contribution < -0.4 is 0 Å². The van der Waals surface area contributed by atoms with E-state index in [0.29, 0.717) is 19.3 Å². The Morgan fingerprint density at radius 2 is 1.10 bits per heavy atom. The molecule has 0 aliphatic carbocycles. The van der Waals surface area contributed by atoms with Crippen LogP contribution >= 0.6 is 0 Å². The fraction of sp³-hybridized carbons (Fsp3) is 0.744. The Kier molecular flexibility index (Phi) is 32.6. The molecule has 0 aromatic rings. The van der Waals surface area contributed by atoms with E-state index in [0.717, 1.165) is 51.4 Å². The summed E-state index contributed by atoms with van der Waals surface area (Å²) in [6.45, 7) is 4.54. The van der Waals surface area contributed by atoms with Crippen molar-refractivity contribution in [2.24, 2.45) is 0 Å². The molecule has 0 amide bonds. The number of carboxylic acids is 1. The number of nitrogens with zero attached hydrogens (tertiary/aromatic N) is 1. The first kappa shape index (κ1) is 48.3. The van der Waals surface area contributed by atoms with Crippen molar-refractivity contribution in [1.29, 1.82) is 0 Å². The molecule has 0 aromatic heterocycles. The summed E-state index contributed by atoms with van der Waals surface area (Å²) in [6, 6.07) is -0.621. The molecule has 0 saturated heterocycles. The number of quaternary nitrogens is 1. The average molecular weight is 719 g/mol. The van der Waals surface area contributed by atoms with Crippen molar-refractivity contribution >= 4 is 17.9 Å². The zero-order chi connectivity index (χ0) is 37.8. The number of likely N-dealkylation sites (N-methyl/N-ethyl adjacent to an activating group) is 1. The number of rotatable bonds is 35. The van der Waals surface area contributed by atoms with Crippen molar-refractivity contribution < 1.29 is 38.2 Å². The van der Waals surface area contributed by atoms with Crippen LogP contribution in [0.1, 0.15) is 155 Å². The highest BCUT2D eigenvalue weighted by Crippen LogP contribution is 2.13. The topological polar surface area (TPSA) is 99.1 Å². The van der Waals surface area contributed by atoms with Crippen molar-refractivity contribution in [3.05, 3.63) is 48.6 Å². The number of hydrogen-bond donors (Lipinski definition) is 1. The van der Waals surface area contributed by atoms with Crippen LogP contribution in [0.4, 0.5) is 0 Å². The maximum Gasteiger partial charge on any atom is 0.362 e. The molecule has 294 valence electrons. The van der Waals surface area contributed by atoms with Gasteiger partial charge in [0.05, 0.1) is 34.4 Å². The molecule has 0 rings (SSSR count). The van der Waals surface area contributed by atoms with E-state index in [2.05, 4.69) is 62.5 Å². The number of carboxylic acid groups (broad SMARTS) is 1. The number of allylic oxidation sites excluding steroid dienone is 8. The van der Waals surface area contributed by atoms with Crippen LogP contribution in [-0.2, 0) is 28.6 Å². The van der Waals surface area contributed by atoms with E-state index >= 15 is 0 Å². The van der Waals surface area contributed by atoms with Gasteiger partial charge >= 0.3 is 17.9 Å². The largest absolute Gasteiger partial charge is 0.477 e. The summed E-state index contributed by atoms with van der Waals surface area (Å²) in [5.41, 5.74) is 0. The van der Waals surface area contributed by atoms with Gasteiger partial charge in [-0.3, -0.25) is 9.59 Å². The number of aliphatic carboxylic acids is 1. The van der Waals surface area contributed by atoms with Gasteiger partial charge in [0.1, 0.15) is 6.61 Å². The van der Waals surface area contributed by atoms with E-state index < -0.39 is 18.1 Å². The summed E-state index contributed by atoms with van der Waals surface area (Å²) in [5.74, 6) is -1.53. The lowest BCUT2D eigenvalue weighted by Gasteiger charge is -2.31. The maximum atomic E-state index is 12.6. The third-order valence-electron chi connectivity index (χ3n) is 8.71. The monoisotopic (exact) mass is 719 g/mol. The lowest BCUT2D eigenvalue weighted by Crippen LogP contribution is -2.50. The summed E-state index contributed by atoms with van der Waals surface area (Å²) >= 11 is 0. The highest BCUT2D eigenvalue weighted by atomic mass is 16.6. The van der Waals surface area contributed by atoms with Gasteiger partial charge in [-0.05, 0) is 70.6 Å². The Morgan fingerprint density at radius 1 is 0.608 bits per heavy atom. The third-order valence-corrected chi connectivity index (χ3v) is 8.71. The Bertz CT molecular complexity index is 979. The molecule has 0 saturated carbocycles. The minimum Gasteiger partial charge on any atom is -0.477 e. The van der Waals surface area contributed by atoms with Crippen LogP contribution in [0.3, 0.4) is 0 Å². The maximum absolute atomic E-state index is 12.6. The van der Waals surface area contributed by atoms with Gasteiger partial charge in [-0.2, -0.15) is 0 Å². The molecule has 0 heterocycles. The zero-order valence-electron chi connectivity index (χ0n) is 33.3. The van der Waals surface area contributed by atoms with Crippen LogP contribution in [-0.4, -0.2) is 80.6 Å². The van der Waals surface area contributed by atoms with Gasteiger partial charge in [-0.25, -0.2) is 4.79 Å². The summed E-state index contributed by atoms with van der Waals surface area (Å²) in [7, 11) is 5.50. The molecule has 2 atom stereocenters. The molecule has 0 aliphatic heterocycles. The molecule has 8 nitrogen and oxygen atoms in total. The van der Waals surface area contributed by atoms with Crippen LogP contribution in [0.15, 0.2) is 48.6 Å². The van der Waals surface area contributed by atoms with Gasteiger partial charge in [0, 0.05) is 19.3 Å². The molecule has 2 unspecified atom stereocenters. The molecule has 0 aliphatic rings. The van der Waals surface area contributed by atoms with E-state index in [1.54, 1.807) is 0 Å². The Labute approximate surface area is 312 Å². The minimum absolute atomic E-state index is 0.0434. The van der Waals surface area contributed by atoms with Crippen molar-refractivity contribution in [3.8, 4) is 0 Å². The second-order valence-corrected chi connectivity index (χ2v) is 14.5. The summed E-state index contributed by atoms with van der Waals surface area (Å²) in [4.78, 5) is 36.8. The Balaban J connectivity index is 4.44. The van der Waals surface area contributed by atoms with Gasteiger partial charge in [-0.15, -0.1) is 0 Å². The van der Waals surface area contributed by atoms with E-state index in [4.69, 9.17) is 14.2 Å². The van der Waals surface area contributed by atoms with E-state index in [1.807, 2.05) is 21.1 Å². The van der Waals surface area contributed by atoms with Crippen molar-refractivity contribution in [1.82, 2.24) is 0 Å². The smallest absolute Gasteiger partial charge is 0.362 e. The quantitative estimate of drug-likeness (QED) is 0.0301. The molecule has 8 heteroatoms. The van der Waals surface area contributed by atoms with E-state index in [-0.39, 0.29) is 42.7 Å². The van der Waals surface area contributed by atoms with Gasteiger partial charge < -0.3 is 23.8 Å². The van der Waals surface area contributed by atoms with Gasteiger partial charge in [0.2, 0.25) is 0 Å². The van der Waals surface area contributed by atoms with Crippen LogP contribution in [0.2, 0.25) is 0 Å². The Morgan fingerprint density at radius 3 is 1.69 bits per heavy atom. The molecular formula is C43H76NO7+. The van der Waals surface area contributed by atoms with Crippen LogP contribution in [0.5, 0.6) is 0 Å². The summed E-state index contributed by atoms with van der Waals surface area (Å²) < 4.78 is 17.2. The molecule has 1 N–H and O–H groups in total. The number of carbonyl (C=O) groups is 3. The Hall–Kier alpha value is -2.71. The molecule has 0 spiro atoms. The summed E-state index contributed by atoms with van der Waals surface area (Å²) in [5, 5.41) is 9.59. The van der Waals surface area contributed by atoms with Crippen LogP contribution in [0.25, 0.3) is 0 Å². The SMILES string of the molecule is CC/C=C/C/C=C/C/C=C/CCCCC(=O)OC(COCCC(C(=O)O)[N+](C)(C)C)COC(=O)CCCCCCCCC/C=C/CCCCCC. The fourth-order valence-corrected chi connectivity index (χ4v) is 5.57. The zero-order valence-corrected chi connectivity index (χ0v) is 33.3.